The van der Waals surface area contributed by atoms with Crippen molar-refractivity contribution in [2.45, 2.75) is 45.1 Å². The first-order chi connectivity index (χ1) is 9.27. The van der Waals surface area contributed by atoms with E-state index in [0.29, 0.717) is 6.42 Å². The van der Waals surface area contributed by atoms with E-state index < -0.39 is 9.84 Å². The Morgan fingerprint density at radius 3 is 2.30 bits per heavy atom. The number of nitrogens with one attached hydrogen (secondary N) is 1. The third kappa shape index (κ3) is 5.25. The summed E-state index contributed by atoms with van der Waals surface area (Å²) in [5, 5.41) is 3.52. The predicted molar refractivity (Wildman–Crippen MR) is 85.9 cm³/mol. The molecule has 0 aliphatic carbocycles. The van der Waals surface area contributed by atoms with Crippen molar-refractivity contribution in [3.8, 4) is 0 Å². The summed E-state index contributed by atoms with van der Waals surface area (Å²) in [7, 11) is -2.93. The molecule has 3 nitrogen and oxygen atoms in total. The summed E-state index contributed by atoms with van der Waals surface area (Å²) in [4.78, 5) is 0. The average molecular weight is 297 g/mol. The van der Waals surface area contributed by atoms with Gasteiger partial charge in [0.1, 0.15) is 9.84 Å². The average Bonchev–Trinajstić information content (AvgIpc) is 2.38. The van der Waals surface area contributed by atoms with Crippen LogP contribution < -0.4 is 5.32 Å². The molecule has 4 heteroatoms. The minimum Gasteiger partial charge on any atom is -0.313 e. The van der Waals surface area contributed by atoms with Crippen LogP contribution in [0.5, 0.6) is 0 Å². The topological polar surface area (TPSA) is 46.2 Å². The van der Waals surface area contributed by atoms with Gasteiger partial charge < -0.3 is 5.32 Å². The van der Waals surface area contributed by atoms with Crippen molar-refractivity contribution >= 4 is 9.84 Å². The molecule has 1 atom stereocenters. The first-order valence-electron chi connectivity index (χ1n) is 7.24. The smallest absolute Gasteiger partial charge is 0.147 e. The Hall–Kier alpha value is -0.870. The monoisotopic (exact) mass is 297 g/mol. The van der Waals surface area contributed by atoms with Crippen molar-refractivity contribution in [3.05, 3.63) is 35.9 Å². The van der Waals surface area contributed by atoms with Crippen LogP contribution in [0.2, 0.25) is 0 Å². The quantitative estimate of drug-likeness (QED) is 0.802. The third-order valence-corrected chi connectivity index (χ3v) is 4.78. The molecule has 1 N–H and O–H groups in total. The number of sulfone groups is 1. The fourth-order valence-corrected chi connectivity index (χ4v) is 3.10. The summed E-state index contributed by atoms with van der Waals surface area (Å²) in [5.74, 6) is 0.227. The highest BCUT2D eigenvalue weighted by atomic mass is 32.2. The van der Waals surface area contributed by atoms with Gasteiger partial charge in [-0.25, -0.2) is 8.42 Å². The molecule has 0 radical (unpaired) electrons. The van der Waals surface area contributed by atoms with Gasteiger partial charge in [0.05, 0.1) is 5.75 Å². The van der Waals surface area contributed by atoms with Crippen LogP contribution in [0.15, 0.2) is 30.3 Å². The van der Waals surface area contributed by atoms with E-state index in [1.807, 2.05) is 18.2 Å². The summed E-state index contributed by atoms with van der Waals surface area (Å²) >= 11 is 0. The third-order valence-electron chi connectivity index (χ3n) is 3.81. The van der Waals surface area contributed by atoms with Gasteiger partial charge >= 0.3 is 0 Å². The van der Waals surface area contributed by atoms with E-state index in [2.05, 4.69) is 38.2 Å². The van der Waals surface area contributed by atoms with Crippen molar-refractivity contribution in [3.63, 3.8) is 0 Å². The molecule has 20 heavy (non-hydrogen) atoms. The van der Waals surface area contributed by atoms with Gasteiger partial charge in [0.25, 0.3) is 0 Å². The molecular formula is C16H27NO2S. The zero-order chi connectivity index (χ0) is 15.2. The SMILES string of the molecule is CCCNC(CCS(C)(=O)=O)C(C)(C)c1ccccc1. The van der Waals surface area contributed by atoms with Crippen LogP contribution in [0.4, 0.5) is 0 Å². The van der Waals surface area contributed by atoms with E-state index in [0.717, 1.165) is 13.0 Å². The summed E-state index contributed by atoms with van der Waals surface area (Å²) < 4.78 is 22.9. The predicted octanol–water partition coefficient (Wildman–Crippen LogP) is 2.77. The zero-order valence-electron chi connectivity index (χ0n) is 13.0. The summed E-state index contributed by atoms with van der Waals surface area (Å²) in [5.41, 5.74) is 1.14. The van der Waals surface area contributed by atoms with Crippen LogP contribution in [0, 0.1) is 0 Å². The molecule has 0 fully saturated rings. The maximum atomic E-state index is 11.4. The molecule has 0 aliphatic heterocycles. The molecule has 0 bridgehead atoms. The van der Waals surface area contributed by atoms with Crippen molar-refractivity contribution < 1.29 is 8.42 Å². The second-order valence-electron chi connectivity index (χ2n) is 6.01. The van der Waals surface area contributed by atoms with Crippen molar-refractivity contribution in [2.75, 3.05) is 18.6 Å². The van der Waals surface area contributed by atoms with E-state index in [4.69, 9.17) is 0 Å². The highest BCUT2D eigenvalue weighted by Crippen LogP contribution is 2.29. The van der Waals surface area contributed by atoms with Crippen LogP contribution in [-0.2, 0) is 15.3 Å². The van der Waals surface area contributed by atoms with E-state index in [-0.39, 0.29) is 17.2 Å². The highest BCUT2D eigenvalue weighted by Gasteiger charge is 2.31. The van der Waals surface area contributed by atoms with Crippen LogP contribution in [0.3, 0.4) is 0 Å². The molecule has 114 valence electrons. The lowest BCUT2D eigenvalue weighted by atomic mass is 9.76. The maximum Gasteiger partial charge on any atom is 0.147 e. The van der Waals surface area contributed by atoms with Gasteiger partial charge in [-0.05, 0) is 24.9 Å². The van der Waals surface area contributed by atoms with Gasteiger partial charge in [-0.2, -0.15) is 0 Å². The maximum absolute atomic E-state index is 11.4. The largest absolute Gasteiger partial charge is 0.313 e. The van der Waals surface area contributed by atoms with Gasteiger partial charge in [0.15, 0.2) is 0 Å². The molecular weight excluding hydrogens is 270 g/mol. The first-order valence-corrected chi connectivity index (χ1v) is 9.30. The Balaban J connectivity index is 2.90. The zero-order valence-corrected chi connectivity index (χ0v) is 13.8. The normalized spacial score (nSPS) is 14.2. The Morgan fingerprint density at radius 2 is 1.80 bits per heavy atom. The highest BCUT2D eigenvalue weighted by molar-refractivity contribution is 7.90. The number of hydrogen-bond acceptors (Lipinski definition) is 3. The van der Waals surface area contributed by atoms with E-state index in [9.17, 15) is 8.42 Å². The molecule has 1 unspecified atom stereocenters. The minimum absolute atomic E-state index is 0.0961. The van der Waals surface area contributed by atoms with Crippen molar-refractivity contribution in [1.82, 2.24) is 5.32 Å². The number of hydrogen-bond donors (Lipinski definition) is 1. The Kier molecular flexibility index (Phi) is 6.21. The van der Waals surface area contributed by atoms with Gasteiger partial charge in [0, 0.05) is 17.7 Å². The molecule has 1 aromatic rings. The summed E-state index contributed by atoms with van der Waals surface area (Å²) in [6.07, 6.45) is 2.99. The van der Waals surface area contributed by atoms with Crippen molar-refractivity contribution in [1.29, 1.82) is 0 Å². The minimum atomic E-state index is -2.93. The molecule has 0 saturated carbocycles. The Labute approximate surface area is 123 Å². The standard InChI is InChI=1S/C16H27NO2S/c1-5-12-17-15(11-13-20(4,18)19)16(2,3)14-9-7-6-8-10-14/h6-10,15,17H,5,11-13H2,1-4H3. The molecule has 0 aromatic heterocycles. The fourth-order valence-electron chi connectivity index (χ4n) is 2.44. The summed E-state index contributed by atoms with van der Waals surface area (Å²) in [6, 6.07) is 10.4. The molecule has 1 rings (SSSR count). The van der Waals surface area contributed by atoms with Gasteiger partial charge in [-0.1, -0.05) is 51.1 Å². The van der Waals surface area contributed by atoms with Crippen LogP contribution in [0.1, 0.15) is 39.2 Å². The van der Waals surface area contributed by atoms with Gasteiger partial charge in [-0.3, -0.25) is 0 Å². The van der Waals surface area contributed by atoms with E-state index in [1.54, 1.807) is 0 Å². The molecule has 0 spiro atoms. The lowest BCUT2D eigenvalue weighted by Crippen LogP contribution is -2.46. The molecule has 0 aliphatic rings. The number of benzene rings is 1. The van der Waals surface area contributed by atoms with Crippen molar-refractivity contribution in [2.24, 2.45) is 0 Å². The molecule has 1 aromatic carbocycles. The molecule has 0 amide bonds. The van der Waals surface area contributed by atoms with Crippen LogP contribution >= 0.6 is 0 Å². The van der Waals surface area contributed by atoms with Crippen LogP contribution in [-0.4, -0.2) is 33.0 Å². The first kappa shape index (κ1) is 17.2. The molecule has 0 saturated heterocycles. The van der Waals surface area contributed by atoms with E-state index >= 15 is 0 Å². The Bertz CT molecular complexity index is 494. The van der Waals surface area contributed by atoms with Gasteiger partial charge in [-0.15, -0.1) is 0 Å². The second-order valence-corrected chi connectivity index (χ2v) is 8.27. The van der Waals surface area contributed by atoms with Gasteiger partial charge in [0.2, 0.25) is 0 Å². The second kappa shape index (κ2) is 7.23. The lowest BCUT2D eigenvalue weighted by molar-refractivity contribution is 0.332. The lowest BCUT2D eigenvalue weighted by Gasteiger charge is -2.36. The van der Waals surface area contributed by atoms with E-state index in [1.165, 1.54) is 11.8 Å². The summed E-state index contributed by atoms with van der Waals surface area (Å²) in [6.45, 7) is 7.39. The fraction of sp³-hybridized carbons (Fsp3) is 0.625. The molecule has 0 heterocycles. The number of rotatable bonds is 8. The Morgan fingerprint density at radius 1 is 1.20 bits per heavy atom. The van der Waals surface area contributed by atoms with Crippen LogP contribution in [0.25, 0.3) is 0 Å².